The summed E-state index contributed by atoms with van der Waals surface area (Å²) >= 11 is 0. The summed E-state index contributed by atoms with van der Waals surface area (Å²) < 4.78 is 26.9. The molecule has 1 aliphatic rings. The van der Waals surface area contributed by atoms with Crippen molar-refractivity contribution in [1.29, 1.82) is 0 Å². The number of nitrogen functional groups attached to an aromatic ring is 1. The molecule has 0 aliphatic heterocycles. The van der Waals surface area contributed by atoms with E-state index in [9.17, 15) is 18.5 Å². The maximum Gasteiger partial charge on any atom is 0.293 e. The van der Waals surface area contributed by atoms with Crippen LogP contribution in [0.15, 0.2) is 35.2 Å². The van der Waals surface area contributed by atoms with Gasteiger partial charge in [0.2, 0.25) is 10.0 Å². The van der Waals surface area contributed by atoms with E-state index in [1.54, 1.807) is 0 Å². The molecule has 7 nitrogen and oxygen atoms in total. The minimum atomic E-state index is -3.78. The van der Waals surface area contributed by atoms with Crippen molar-refractivity contribution in [2.45, 2.75) is 30.2 Å². The Morgan fingerprint density at radius 3 is 2.70 bits per heavy atom. The molecule has 0 aromatic heterocycles. The van der Waals surface area contributed by atoms with E-state index >= 15 is 0 Å². The van der Waals surface area contributed by atoms with Gasteiger partial charge in [-0.15, -0.1) is 0 Å². The van der Waals surface area contributed by atoms with Gasteiger partial charge < -0.3 is 5.73 Å². The highest BCUT2D eigenvalue weighted by Gasteiger charge is 2.23. The molecule has 1 atom stereocenters. The molecular formula is C12H15N3O4S. The Bertz CT molecular complexity index is 655. The molecule has 0 bridgehead atoms. The van der Waals surface area contributed by atoms with Crippen molar-refractivity contribution in [2.75, 3.05) is 5.73 Å². The minimum absolute atomic E-state index is 0.0606. The normalized spacial score (nSPS) is 18.9. The molecule has 8 heteroatoms. The number of nitro groups is 1. The molecule has 3 N–H and O–H groups in total. The van der Waals surface area contributed by atoms with Crippen molar-refractivity contribution in [1.82, 2.24) is 4.72 Å². The fraction of sp³-hybridized carbons (Fsp3) is 0.333. The number of benzene rings is 1. The van der Waals surface area contributed by atoms with Crippen molar-refractivity contribution < 1.29 is 13.3 Å². The number of nitrogens with zero attached hydrogens (tertiary/aromatic N) is 1. The number of allylic oxidation sites excluding steroid dienone is 1. The molecule has 0 saturated heterocycles. The van der Waals surface area contributed by atoms with Gasteiger partial charge in [-0.05, 0) is 31.4 Å². The fourth-order valence-electron chi connectivity index (χ4n) is 2.04. The van der Waals surface area contributed by atoms with E-state index in [1.165, 1.54) is 12.1 Å². The zero-order chi connectivity index (χ0) is 14.8. The molecular weight excluding hydrogens is 282 g/mol. The van der Waals surface area contributed by atoms with Crippen molar-refractivity contribution >= 4 is 21.4 Å². The number of hydrogen-bond donors (Lipinski definition) is 2. The van der Waals surface area contributed by atoms with E-state index in [4.69, 9.17) is 5.73 Å². The fourth-order valence-corrected chi connectivity index (χ4v) is 3.34. The highest BCUT2D eigenvalue weighted by molar-refractivity contribution is 7.89. The lowest BCUT2D eigenvalue weighted by molar-refractivity contribution is -0.384. The van der Waals surface area contributed by atoms with Crippen molar-refractivity contribution in [3.8, 4) is 0 Å². The Labute approximate surface area is 116 Å². The molecule has 20 heavy (non-hydrogen) atoms. The zero-order valence-electron chi connectivity index (χ0n) is 10.7. The van der Waals surface area contributed by atoms with Gasteiger partial charge in [0.15, 0.2) is 0 Å². The van der Waals surface area contributed by atoms with Crippen LogP contribution in [0.3, 0.4) is 0 Å². The van der Waals surface area contributed by atoms with Crippen molar-refractivity contribution in [2.24, 2.45) is 0 Å². The molecule has 0 saturated carbocycles. The molecule has 0 spiro atoms. The van der Waals surface area contributed by atoms with Crippen LogP contribution in [-0.4, -0.2) is 19.4 Å². The highest BCUT2D eigenvalue weighted by Crippen LogP contribution is 2.25. The number of rotatable bonds is 4. The second kappa shape index (κ2) is 5.59. The van der Waals surface area contributed by atoms with Crippen LogP contribution in [0, 0.1) is 10.1 Å². The molecule has 1 aromatic rings. The van der Waals surface area contributed by atoms with Gasteiger partial charge in [-0.25, -0.2) is 13.1 Å². The van der Waals surface area contributed by atoms with Gasteiger partial charge in [0, 0.05) is 12.1 Å². The van der Waals surface area contributed by atoms with Crippen LogP contribution in [-0.2, 0) is 10.0 Å². The summed E-state index contributed by atoms with van der Waals surface area (Å²) in [5, 5.41) is 10.8. The van der Waals surface area contributed by atoms with E-state index in [1.807, 2.05) is 12.2 Å². The van der Waals surface area contributed by atoms with Crippen LogP contribution in [0.25, 0.3) is 0 Å². The number of nitro benzene ring substituents is 1. The second-order valence-corrected chi connectivity index (χ2v) is 6.29. The van der Waals surface area contributed by atoms with E-state index in [0.717, 1.165) is 12.5 Å². The number of anilines is 1. The summed E-state index contributed by atoms with van der Waals surface area (Å²) in [6, 6.07) is 3.30. The average Bonchev–Trinajstić information content (AvgIpc) is 2.39. The lowest BCUT2D eigenvalue weighted by atomic mass is 10.0. The Morgan fingerprint density at radius 2 is 2.10 bits per heavy atom. The van der Waals surface area contributed by atoms with Gasteiger partial charge in [0.1, 0.15) is 5.69 Å². The third-order valence-electron chi connectivity index (χ3n) is 3.10. The van der Waals surface area contributed by atoms with Crippen LogP contribution in [0.4, 0.5) is 11.4 Å². The summed E-state index contributed by atoms with van der Waals surface area (Å²) in [6.07, 6.45) is 6.07. The molecule has 108 valence electrons. The van der Waals surface area contributed by atoms with Crippen LogP contribution in [0.2, 0.25) is 0 Å². The first-order valence-corrected chi connectivity index (χ1v) is 7.60. The molecule has 0 heterocycles. The largest absolute Gasteiger partial charge is 0.393 e. The first kappa shape index (κ1) is 14.5. The Kier molecular flexibility index (Phi) is 4.05. The Hall–Kier alpha value is -1.93. The second-order valence-electron chi connectivity index (χ2n) is 4.58. The van der Waals surface area contributed by atoms with Crippen LogP contribution in [0.1, 0.15) is 19.3 Å². The number of nitrogens with one attached hydrogen (secondary N) is 1. The maximum absolute atomic E-state index is 12.2. The Balaban J connectivity index is 2.27. The first-order chi connectivity index (χ1) is 9.40. The molecule has 0 fully saturated rings. The van der Waals surface area contributed by atoms with Gasteiger partial charge in [-0.2, -0.15) is 0 Å². The van der Waals surface area contributed by atoms with Crippen molar-refractivity contribution in [3.05, 3.63) is 40.5 Å². The van der Waals surface area contributed by atoms with Gasteiger partial charge >= 0.3 is 0 Å². The number of hydrogen-bond acceptors (Lipinski definition) is 5. The molecule has 1 unspecified atom stereocenters. The molecule has 1 aromatic carbocycles. The van der Waals surface area contributed by atoms with Crippen molar-refractivity contribution in [3.63, 3.8) is 0 Å². The molecule has 1 aliphatic carbocycles. The molecule has 0 radical (unpaired) electrons. The third-order valence-corrected chi connectivity index (χ3v) is 4.62. The minimum Gasteiger partial charge on any atom is -0.393 e. The topological polar surface area (TPSA) is 115 Å². The highest BCUT2D eigenvalue weighted by atomic mass is 32.2. The van der Waals surface area contributed by atoms with E-state index < -0.39 is 20.6 Å². The van der Waals surface area contributed by atoms with Gasteiger partial charge in [0.05, 0.1) is 9.82 Å². The third kappa shape index (κ3) is 3.14. The number of sulfonamides is 1. The summed E-state index contributed by atoms with van der Waals surface area (Å²) in [5.41, 5.74) is 4.99. The molecule has 2 rings (SSSR count). The lowest BCUT2D eigenvalue weighted by Gasteiger charge is -2.19. The monoisotopic (exact) mass is 297 g/mol. The van der Waals surface area contributed by atoms with E-state index in [0.29, 0.717) is 12.8 Å². The van der Waals surface area contributed by atoms with Crippen LogP contribution in [0.5, 0.6) is 0 Å². The van der Waals surface area contributed by atoms with Gasteiger partial charge in [-0.3, -0.25) is 10.1 Å². The standard InChI is InChI=1S/C12H15N3O4S/c13-11-7-6-10(8-12(11)15(16)17)20(18,19)14-9-4-2-1-3-5-9/h1-2,6-9,14H,3-5,13H2. The predicted octanol–water partition coefficient (Wildman–Crippen LogP) is 1.56. The number of nitrogens with two attached hydrogens (primary N) is 1. The average molecular weight is 297 g/mol. The molecule has 0 amide bonds. The van der Waals surface area contributed by atoms with E-state index in [-0.39, 0.29) is 16.6 Å². The quantitative estimate of drug-likeness (QED) is 0.379. The maximum atomic E-state index is 12.2. The summed E-state index contributed by atoms with van der Waals surface area (Å²) in [7, 11) is -3.78. The van der Waals surface area contributed by atoms with E-state index in [2.05, 4.69) is 4.72 Å². The summed E-state index contributed by atoms with van der Waals surface area (Å²) in [6.45, 7) is 0. The van der Waals surface area contributed by atoms with Crippen LogP contribution >= 0.6 is 0 Å². The lowest BCUT2D eigenvalue weighted by Crippen LogP contribution is -2.35. The van der Waals surface area contributed by atoms with Crippen LogP contribution < -0.4 is 10.5 Å². The Morgan fingerprint density at radius 1 is 1.35 bits per heavy atom. The zero-order valence-corrected chi connectivity index (χ0v) is 11.5. The summed E-state index contributed by atoms with van der Waals surface area (Å²) in [4.78, 5) is 9.95. The first-order valence-electron chi connectivity index (χ1n) is 6.11. The summed E-state index contributed by atoms with van der Waals surface area (Å²) in [5.74, 6) is 0. The SMILES string of the molecule is Nc1ccc(S(=O)(=O)NC2CC=CCC2)cc1[N+](=O)[O-]. The predicted molar refractivity (Wildman–Crippen MR) is 74.6 cm³/mol. The van der Waals surface area contributed by atoms with Gasteiger partial charge in [-0.1, -0.05) is 12.2 Å². The van der Waals surface area contributed by atoms with Gasteiger partial charge in [0.25, 0.3) is 5.69 Å². The smallest absolute Gasteiger partial charge is 0.293 e.